The molecule has 2 aromatic rings. The molecule has 3 rings (SSSR count). The van der Waals surface area contributed by atoms with E-state index in [0.717, 1.165) is 23.1 Å². The van der Waals surface area contributed by atoms with E-state index in [1.54, 1.807) is 12.1 Å². The van der Waals surface area contributed by atoms with Crippen molar-refractivity contribution in [1.29, 1.82) is 0 Å². The number of rotatable bonds is 11. The lowest BCUT2D eigenvalue weighted by Gasteiger charge is -2.38. The third kappa shape index (κ3) is 7.15. The molecule has 7 nitrogen and oxygen atoms in total. The summed E-state index contributed by atoms with van der Waals surface area (Å²) in [6.07, 6.45) is 1.44. The third-order valence-corrected chi connectivity index (χ3v) is 8.14. The van der Waals surface area contributed by atoms with Gasteiger partial charge in [0.15, 0.2) is 9.84 Å². The van der Waals surface area contributed by atoms with Gasteiger partial charge in [-0.2, -0.15) is 0 Å². The minimum Gasteiger partial charge on any atom is -0.489 e. The van der Waals surface area contributed by atoms with Gasteiger partial charge >= 0.3 is 0 Å². The number of aryl methyl sites for hydroxylation is 1. The van der Waals surface area contributed by atoms with Gasteiger partial charge in [0, 0.05) is 19.5 Å². The molecule has 0 bridgehead atoms. The number of sulfone groups is 1. The van der Waals surface area contributed by atoms with Gasteiger partial charge in [-0.25, -0.2) is 12.8 Å². The molecule has 0 radical (unpaired) electrons. The van der Waals surface area contributed by atoms with Crippen LogP contribution in [0.3, 0.4) is 0 Å². The Morgan fingerprint density at radius 1 is 1.28 bits per heavy atom. The van der Waals surface area contributed by atoms with Crippen LogP contribution in [0.2, 0.25) is 0 Å². The second kappa shape index (κ2) is 11.5. The highest BCUT2D eigenvalue weighted by Gasteiger charge is 2.40. The van der Waals surface area contributed by atoms with Crippen molar-refractivity contribution in [3.05, 3.63) is 77.1 Å². The molecule has 196 valence electrons. The number of benzene rings is 2. The van der Waals surface area contributed by atoms with Crippen LogP contribution in [0.5, 0.6) is 5.75 Å². The summed E-state index contributed by atoms with van der Waals surface area (Å²) in [4.78, 5) is 11.9. The lowest BCUT2D eigenvalue weighted by molar-refractivity contribution is -0.120. The average molecular weight is 519 g/mol. The first-order chi connectivity index (χ1) is 16.9. The van der Waals surface area contributed by atoms with Gasteiger partial charge in [-0.05, 0) is 54.2 Å². The fourth-order valence-corrected chi connectivity index (χ4v) is 6.65. The van der Waals surface area contributed by atoms with Crippen LogP contribution in [0, 0.1) is 5.82 Å². The summed E-state index contributed by atoms with van der Waals surface area (Å²) in [6, 6.07) is 9.31. The Labute approximate surface area is 212 Å². The van der Waals surface area contributed by atoms with E-state index in [1.165, 1.54) is 19.1 Å². The minimum atomic E-state index is -3.35. The van der Waals surface area contributed by atoms with Crippen LogP contribution in [0.15, 0.2) is 49.1 Å². The van der Waals surface area contributed by atoms with Gasteiger partial charge in [0.2, 0.25) is 5.91 Å². The number of fused-ring (bicyclic) bond motifs is 1. The molecule has 0 aromatic heterocycles. The van der Waals surface area contributed by atoms with E-state index < -0.39 is 33.3 Å². The van der Waals surface area contributed by atoms with Crippen LogP contribution >= 0.6 is 0 Å². The second-order valence-electron chi connectivity index (χ2n) is 9.56. The molecular weight excluding hydrogens is 483 g/mol. The van der Waals surface area contributed by atoms with Gasteiger partial charge in [0.25, 0.3) is 0 Å². The van der Waals surface area contributed by atoms with Crippen molar-refractivity contribution in [2.45, 2.75) is 57.1 Å². The normalized spacial score (nSPS) is 20.1. The first kappa shape index (κ1) is 27.8. The lowest BCUT2D eigenvalue weighted by atomic mass is 9.87. The molecule has 1 heterocycles. The Morgan fingerprint density at radius 2 is 2.03 bits per heavy atom. The van der Waals surface area contributed by atoms with Crippen LogP contribution in [0.1, 0.15) is 43.0 Å². The molecule has 3 N–H and O–H groups in total. The van der Waals surface area contributed by atoms with Crippen molar-refractivity contribution in [3.8, 4) is 5.75 Å². The maximum Gasteiger partial charge on any atom is 0.217 e. The maximum absolute atomic E-state index is 14.2. The number of amides is 1. The Hall–Kier alpha value is -2.75. The fraction of sp³-hybridized carbons (Fsp3) is 0.444. The predicted octanol–water partition coefficient (Wildman–Crippen LogP) is 2.79. The van der Waals surface area contributed by atoms with Gasteiger partial charge in [-0.3, -0.25) is 4.79 Å². The zero-order chi connectivity index (χ0) is 26.5. The van der Waals surface area contributed by atoms with Gasteiger partial charge in [0.1, 0.15) is 18.2 Å². The molecule has 2 unspecified atom stereocenters. The van der Waals surface area contributed by atoms with Crippen molar-refractivity contribution >= 4 is 15.7 Å². The average Bonchev–Trinajstić information content (AvgIpc) is 2.79. The second-order valence-corrected chi connectivity index (χ2v) is 11.6. The largest absolute Gasteiger partial charge is 0.489 e. The van der Waals surface area contributed by atoms with Crippen LogP contribution in [-0.4, -0.2) is 50.5 Å². The van der Waals surface area contributed by atoms with E-state index in [9.17, 15) is 22.7 Å². The van der Waals surface area contributed by atoms with Crippen LogP contribution < -0.4 is 15.4 Å². The topological polar surface area (TPSA) is 105 Å². The molecule has 0 saturated heterocycles. The highest BCUT2D eigenvalue weighted by molar-refractivity contribution is 7.90. The summed E-state index contributed by atoms with van der Waals surface area (Å²) in [5.41, 5.74) is 2.36. The molecule has 2 aromatic carbocycles. The summed E-state index contributed by atoms with van der Waals surface area (Å²) < 4.78 is 44.9. The Balaban J connectivity index is 1.81. The van der Waals surface area contributed by atoms with Gasteiger partial charge in [-0.1, -0.05) is 37.8 Å². The highest BCUT2D eigenvalue weighted by Crippen LogP contribution is 2.34. The molecule has 36 heavy (non-hydrogen) atoms. The summed E-state index contributed by atoms with van der Waals surface area (Å²) in [7, 11) is -3.35. The molecule has 0 spiro atoms. The molecule has 1 aliphatic rings. The monoisotopic (exact) mass is 518 g/mol. The zero-order valence-corrected chi connectivity index (χ0v) is 21.8. The number of carbonyl (C=O) groups is 1. The first-order valence-electron chi connectivity index (χ1n) is 12.0. The first-order valence-corrected chi connectivity index (χ1v) is 13.8. The van der Waals surface area contributed by atoms with Crippen molar-refractivity contribution in [3.63, 3.8) is 0 Å². The van der Waals surface area contributed by atoms with Crippen molar-refractivity contribution in [1.82, 2.24) is 10.6 Å². The van der Waals surface area contributed by atoms with E-state index in [1.807, 2.05) is 32.0 Å². The van der Waals surface area contributed by atoms with Crippen LogP contribution in [0.25, 0.3) is 0 Å². The number of aliphatic hydroxyl groups excluding tert-OH is 1. The van der Waals surface area contributed by atoms with E-state index in [2.05, 4.69) is 17.2 Å². The molecule has 1 aliphatic heterocycles. The van der Waals surface area contributed by atoms with Crippen molar-refractivity contribution in [2.75, 3.05) is 18.9 Å². The van der Waals surface area contributed by atoms with E-state index >= 15 is 0 Å². The highest BCUT2D eigenvalue weighted by atomic mass is 32.2. The maximum atomic E-state index is 14.2. The van der Waals surface area contributed by atoms with Gasteiger partial charge in [0.05, 0.1) is 29.2 Å². The number of hydrogen-bond donors (Lipinski definition) is 3. The molecule has 1 amide bonds. The Bertz CT molecular complexity index is 1220. The van der Waals surface area contributed by atoms with Crippen LogP contribution in [-0.2, 0) is 38.8 Å². The van der Waals surface area contributed by atoms with Crippen molar-refractivity contribution in [2.24, 2.45) is 0 Å². The molecule has 0 saturated carbocycles. The predicted molar refractivity (Wildman–Crippen MR) is 138 cm³/mol. The number of ether oxygens (including phenoxy) is 1. The zero-order valence-electron chi connectivity index (χ0n) is 21.0. The van der Waals surface area contributed by atoms with E-state index in [4.69, 9.17) is 4.74 Å². The third-order valence-electron chi connectivity index (χ3n) is 6.37. The Morgan fingerprint density at radius 3 is 2.69 bits per heavy atom. The Kier molecular flexibility index (Phi) is 8.92. The molecule has 3 atom stereocenters. The van der Waals surface area contributed by atoms with Crippen LogP contribution in [0.4, 0.5) is 4.39 Å². The van der Waals surface area contributed by atoms with Gasteiger partial charge < -0.3 is 20.5 Å². The minimum absolute atomic E-state index is 0.0158. The summed E-state index contributed by atoms with van der Waals surface area (Å²) in [6.45, 7) is 9.00. The number of aliphatic hydroxyl groups is 1. The van der Waals surface area contributed by atoms with E-state index in [-0.39, 0.29) is 37.0 Å². The number of halogens is 1. The standard InChI is InChI=1S/C27H35FN2O5S/c1-5-9-35-23-11-20(10-22(28)14-23)13-25(30-18(3)31)26(32)15-29-27(4)17-36(33,34)16-21-8-7-19(6-2)12-24(21)27/h5,7-8,10-12,14,25-26,29,32H,1,6,9,13,15-17H2,2-4H3,(H,30,31)/t25?,26-,27?/m1/s1. The quantitative estimate of drug-likeness (QED) is 0.395. The molecular formula is C27H35FN2O5S. The van der Waals surface area contributed by atoms with Gasteiger partial charge in [-0.15, -0.1) is 0 Å². The smallest absolute Gasteiger partial charge is 0.217 e. The molecule has 0 aliphatic carbocycles. The molecule has 0 fully saturated rings. The van der Waals surface area contributed by atoms with E-state index in [0.29, 0.717) is 11.3 Å². The van der Waals surface area contributed by atoms with Crippen molar-refractivity contribution < 1.29 is 27.4 Å². The summed E-state index contributed by atoms with van der Waals surface area (Å²) >= 11 is 0. The summed E-state index contributed by atoms with van der Waals surface area (Å²) in [5.74, 6) is -0.642. The number of carbonyl (C=O) groups excluding carboxylic acids is 1. The number of hydrogen-bond acceptors (Lipinski definition) is 6. The lowest BCUT2D eigenvalue weighted by Crippen LogP contribution is -2.55. The molecule has 9 heteroatoms. The fourth-order valence-electron chi connectivity index (χ4n) is 4.68. The SMILES string of the molecule is C=CCOc1cc(F)cc(CC(NC(C)=O)[C@H](O)CNC2(C)CS(=O)(=O)Cc3ccc(CC)cc32)c1. The number of nitrogens with one attached hydrogen (secondary N) is 2. The summed E-state index contributed by atoms with van der Waals surface area (Å²) in [5, 5.41) is 17.1.